The molecule has 8 heteroatoms. The van der Waals surface area contributed by atoms with Crippen molar-refractivity contribution in [2.24, 2.45) is 0 Å². The Hall–Kier alpha value is -3.04. The SMILES string of the molecule is CCCCCCCCCCCCc1c(-c2ccc(C3=c4cc5c(cc4C(=O)O3)=C(C)OC5=O)s2)sc2c(CCCCCCCCCCCC)c(-c3ccc(C(C)(C)CCC)s3)sc12. The molecule has 0 aliphatic carbocycles. The molecule has 0 fully saturated rings. The maximum atomic E-state index is 13.2. The minimum atomic E-state index is -0.373. The molecule has 0 unspecified atom stereocenters. The maximum Gasteiger partial charge on any atom is 0.344 e. The highest BCUT2D eigenvalue weighted by Gasteiger charge is 2.31. The molecule has 1 aromatic carbocycles. The third-order valence-corrected chi connectivity index (χ3v) is 19.0. The van der Waals surface area contributed by atoms with Crippen LogP contribution in [0, 0.1) is 0 Å². The van der Waals surface area contributed by atoms with Crippen molar-refractivity contribution in [3.8, 4) is 19.5 Å². The number of carbonyl (C=O) groups is 2. The van der Waals surface area contributed by atoms with Crippen molar-refractivity contribution in [3.05, 3.63) is 78.8 Å². The molecule has 0 atom stereocenters. The highest BCUT2D eigenvalue weighted by Crippen LogP contribution is 2.52. The number of hydrogen-bond acceptors (Lipinski definition) is 8. The van der Waals surface area contributed by atoms with Gasteiger partial charge in [0.05, 0.1) is 16.0 Å². The minimum Gasteiger partial charge on any atom is -0.427 e. The Kier molecular flexibility index (Phi) is 17.4. The molecule has 63 heavy (non-hydrogen) atoms. The number of rotatable bonds is 28. The third kappa shape index (κ3) is 11.5. The molecule has 2 aliphatic rings. The van der Waals surface area contributed by atoms with Crippen molar-refractivity contribution in [1.29, 1.82) is 0 Å². The fourth-order valence-electron chi connectivity index (χ4n) is 9.66. The number of hydrogen-bond donors (Lipinski definition) is 0. The number of esters is 2. The van der Waals surface area contributed by atoms with Gasteiger partial charge < -0.3 is 9.47 Å². The zero-order chi connectivity index (χ0) is 44.3. The Balaban J connectivity index is 1.20. The highest BCUT2D eigenvalue weighted by molar-refractivity contribution is 7.34. The van der Waals surface area contributed by atoms with Gasteiger partial charge in [0.2, 0.25) is 0 Å². The molecule has 0 spiro atoms. The third-order valence-electron chi connectivity index (χ3n) is 13.4. The molecule has 2 aliphatic heterocycles. The number of benzene rings is 1. The van der Waals surface area contributed by atoms with Crippen LogP contribution < -0.4 is 10.4 Å². The number of aryl methyl sites for hydroxylation is 2. The lowest BCUT2D eigenvalue weighted by atomic mass is 9.86. The van der Waals surface area contributed by atoms with Gasteiger partial charge in [-0.2, -0.15) is 0 Å². The minimum absolute atomic E-state index is 0.181. The molecule has 4 aromatic heterocycles. The van der Waals surface area contributed by atoms with Crippen LogP contribution in [0.1, 0.15) is 224 Å². The first-order chi connectivity index (χ1) is 30.6. The molecule has 0 amide bonds. The van der Waals surface area contributed by atoms with Crippen LogP contribution in [0.3, 0.4) is 0 Å². The predicted octanol–water partition coefficient (Wildman–Crippen LogP) is 17.0. The molecule has 0 saturated heterocycles. The molecule has 340 valence electrons. The van der Waals surface area contributed by atoms with Crippen LogP contribution in [0.4, 0.5) is 0 Å². The molecule has 0 radical (unpaired) electrons. The van der Waals surface area contributed by atoms with Crippen LogP contribution in [0.25, 0.3) is 40.4 Å². The normalized spacial score (nSPS) is 13.7. The lowest BCUT2D eigenvalue weighted by molar-refractivity contribution is 0.0697. The summed E-state index contributed by atoms with van der Waals surface area (Å²) >= 11 is 7.80. The van der Waals surface area contributed by atoms with Gasteiger partial charge in [-0.3, -0.25) is 0 Å². The van der Waals surface area contributed by atoms with Crippen molar-refractivity contribution < 1.29 is 19.1 Å². The van der Waals surface area contributed by atoms with Crippen molar-refractivity contribution in [2.45, 2.75) is 201 Å². The first kappa shape index (κ1) is 47.9. The smallest absolute Gasteiger partial charge is 0.344 e. The Bertz CT molecular complexity index is 2450. The van der Waals surface area contributed by atoms with Crippen LogP contribution in [0.15, 0.2) is 36.4 Å². The number of unbranched alkanes of at least 4 members (excludes halogenated alkanes) is 18. The molecule has 6 heterocycles. The number of ether oxygens (including phenoxy) is 2. The Morgan fingerprint density at radius 3 is 1.48 bits per heavy atom. The van der Waals surface area contributed by atoms with Crippen LogP contribution in [-0.2, 0) is 27.7 Å². The van der Waals surface area contributed by atoms with Gasteiger partial charge in [-0.1, -0.05) is 157 Å². The molecule has 5 aromatic rings. The van der Waals surface area contributed by atoms with Crippen molar-refractivity contribution in [3.63, 3.8) is 0 Å². The van der Waals surface area contributed by atoms with Gasteiger partial charge in [0.1, 0.15) is 5.76 Å². The van der Waals surface area contributed by atoms with Gasteiger partial charge >= 0.3 is 11.9 Å². The Morgan fingerprint density at radius 1 is 0.492 bits per heavy atom. The van der Waals surface area contributed by atoms with Gasteiger partial charge in [0.25, 0.3) is 0 Å². The van der Waals surface area contributed by atoms with Gasteiger partial charge in [0.15, 0.2) is 5.76 Å². The standard InChI is InChI=1S/C55H72O4S4/c1-7-10-12-14-16-18-20-22-24-26-28-38-49(45-31-30-44(60-45)48-41-36-42-40(37(4)58-53(42)56)35-43(41)54(57)59-48)62-52-39(29-27-25-23-21-19-17-15-13-11-8-2)50(63-51(38)52)46-32-33-47(61-46)55(5,6)34-9-3/h30-33,35-36H,7-29,34H2,1-6H3. The molecule has 4 nitrogen and oxygen atoms in total. The van der Waals surface area contributed by atoms with E-state index in [-0.39, 0.29) is 17.4 Å². The number of carbonyl (C=O) groups excluding carboxylic acids is 2. The van der Waals surface area contributed by atoms with E-state index in [4.69, 9.17) is 9.47 Å². The Morgan fingerprint density at radius 2 is 0.937 bits per heavy atom. The number of fused-ring (bicyclic) bond motifs is 3. The summed E-state index contributed by atoms with van der Waals surface area (Å²) in [6.45, 7) is 13.5. The van der Waals surface area contributed by atoms with Gasteiger partial charge in [-0.15, -0.1) is 45.3 Å². The van der Waals surface area contributed by atoms with E-state index in [0.29, 0.717) is 33.1 Å². The number of cyclic esters (lactones) is 2. The average molecular weight is 925 g/mol. The van der Waals surface area contributed by atoms with E-state index in [1.807, 2.05) is 22.7 Å². The molecular weight excluding hydrogens is 853 g/mol. The van der Waals surface area contributed by atoms with E-state index in [1.165, 1.54) is 181 Å². The first-order valence-corrected chi connectivity index (χ1v) is 28.0. The summed E-state index contributed by atoms with van der Waals surface area (Å²) in [5.41, 5.74) is 4.24. The van der Waals surface area contributed by atoms with E-state index in [2.05, 4.69) is 70.2 Å². The molecule has 7 rings (SSSR count). The summed E-state index contributed by atoms with van der Waals surface area (Å²) in [5.74, 6) is 0.328. The summed E-state index contributed by atoms with van der Waals surface area (Å²) in [7, 11) is 0. The van der Waals surface area contributed by atoms with Gasteiger partial charge in [-0.05, 0) is 92.0 Å². The zero-order valence-electron chi connectivity index (χ0n) is 39.2. The van der Waals surface area contributed by atoms with Crippen molar-refractivity contribution in [2.75, 3.05) is 0 Å². The Labute approximate surface area is 394 Å². The highest BCUT2D eigenvalue weighted by atomic mass is 32.1. The van der Waals surface area contributed by atoms with E-state index in [9.17, 15) is 9.59 Å². The van der Waals surface area contributed by atoms with Gasteiger partial charge in [0, 0.05) is 44.2 Å². The number of thiophene rings is 4. The summed E-state index contributed by atoms with van der Waals surface area (Å²) in [5, 5.41) is 1.35. The fourth-order valence-corrected chi connectivity index (χ4v) is 15.1. The van der Waals surface area contributed by atoms with Gasteiger partial charge in [-0.25, -0.2) is 9.59 Å². The second kappa shape index (κ2) is 22.9. The summed E-state index contributed by atoms with van der Waals surface area (Å²) in [6.07, 6.45) is 31.3. The second-order valence-corrected chi connectivity index (χ2v) is 23.1. The van der Waals surface area contributed by atoms with Crippen molar-refractivity contribution in [1.82, 2.24) is 0 Å². The average Bonchev–Trinajstić information content (AvgIpc) is 4.13. The predicted molar refractivity (Wildman–Crippen MR) is 273 cm³/mol. The summed E-state index contributed by atoms with van der Waals surface area (Å²) < 4.78 is 14.4. The lowest BCUT2D eigenvalue weighted by Gasteiger charge is -2.22. The monoisotopic (exact) mass is 924 g/mol. The van der Waals surface area contributed by atoms with Crippen LogP contribution in [0.2, 0.25) is 0 Å². The molecule has 0 bridgehead atoms. The van der Waals surface area contributed by atoms with Crippen LogP contribution in [0.5, 0.6) is 0 Å². The maximum absolute atomic E-state index is 13.2. The zero-order valence-corrected chi connectivity index (χ0v) is 42.5. The first-order valence-electron chi connectivity index (χ1n) is 24.8. The van der Waals surface area contributed by atoms with Crippen LogP contribution >= 0.6 is 45.3 Å². The van der Waals surface area contributed by atoms with E-state index in [1.54, 1.807) is 36.0 Å². The van der Waals surface area contributed by atoms with Crippen LogP contribution in [-0.4, -0.2) is 11.9 Å². The van der Waals surface area contributed by atoms with Crippen molar-refractivity contribution >= 4 is 78.2 Å². The molecule has 0 N–H and O–H groups in total. The molecule has 0 saturated carbocycles. The largest absolute Gasteiger partial charge is 0.427 e. The van der Waals surface area contributed by atoms with E-state index in [0.717, 1.165) is 17.7 Å². The lowest BCUT2D eigenvalue weighted by Crippen LogP contribution is -2.19. The topological polar surface area (TPSA) is 52.6 Å². The second-order valence-electron chi connectivity index (χ2n) is 18.9. The van der Waals surface area contributed by atoms with E-state index >= 15 is 0 Å². The van der Waals surface area contributed by atoms with E-state index < -0.39 is 0 Å². The summed E-state index contributed by atoms with van der Waals surface area (Å²) in [4.78, 5) is 33.9. The summed E-state index contributed by atoms with van der Waals surface area (Å²) in [6, 6.07) is 12.7. The quantitative estimate of drug-likeness (QED) is 0.0370. The molecular formula is C55H72O4S4. The fraction of sp³-hybridized carbons (Fsp3) is 0.564.